The molecule has 20 heavy (non-hydrogen) atoms. The maximum Gasteiger partial charge on any atom is 0.314 e. The van der Waals surface area contributed by atoms with E-state index in [0.29, 0.717) is 18.6 Å². The number of hydrogen-bond acceptors (Lipinski definition) is 3. The van der Waals surface area contributed by atoms with Crippen LogP contribution in [0.1, 0.15) is 48.8 Å². The standard InChI is InChI=1S/C16H20O4/c1-10-8-12(14-13(11(10)2)19-9-20-14)16(15(17)18)6-4-3-5-7-16/h8H,3-7,9H2,1-2H3,(H,17,18). The van der Waals surface area contributed by atoms with Crippen LogP contribution in [0, 0.1) is 13.8 Å². The number of aliphatic carboxylic acids is 1. The molecule has 1 heterocycles. The first-order valence-corrected chi connectivity index (χ1v) is 7.20. The van der Waals surface area contributed by atoms with Gasteiger partial charge in [0.1, 0.15) is 0 Å². The van der Waals surface area contributed by atoms with Crippen LogP contribution in [0.5, 0.6) is 11.5 Å². The summed E-state index contributed by atoms with van der Waals surface area (Å²) in [6.07, 6.45) is 4.38. The highest BCUT2D eigenvalue weighted by molar-refractivity contribution is 5.84. The van der Waals surface area contributed by atoms with Gasteiger partial charge in [0.2, 0.25) is 6.79 Å². The van der Waals surface area contributed by atoms with Gasteiger partial charge in [-0.2, -0.15) is 0 Å². The summed E-state index contributed by atoms with van der Waals surface area (Å²) >= 11 is 0. The van der Waals surface area contributed by atoms with E-state index in [1.165, 1.54) is 0 Å². The van der Waals surface area contributed by atoms with E-state index in [-0.39, 0.29) is 6.79 Å². The van der Waals surface area contributed by atoms with E-state index in [9.17, 15) is 9.90 Å². The molecule has 1 fully saturated rings. The van der Waals surface area contributed by atoms with Crippen molar-refractivity contribution >= 4 is 5.97 Å². The third-order valence-electron chi connectivity index (χ3n) is 4.78. The predicted molar refractivity (Wildman–Crippen MR) is 74.4 cm³/mol. The molecular weight excluding hydrogens is 256 g/mol. The number of fused-ring (bicyclic) bond motifs is 1. The number of carbonyl (C=O) groups is 1. The minimum Gasteiger partial charge on any atom is -0.481 e. The van der Waals surface area contributed by atoms with Crippen LogP contribution in [-0.2, 0) is 10.2 Å². The summed E-state index contributed by atoms with van der Waals surface area (Å²) in [5.74, 6) is 0.641. The van der Waals surface area contributed by atoms with Crippen LogP contribution >= 0.6 is 0 Å². The van der Waals surface area contributed by atoms with Crippen molar-refractivity contribution < 1.29 is 19.4 Å². The number of benzene rings is 1. The van der Waals surface area contributed by atoms with Gasteiger partial charge in [0.25, 0.3) is 0 Å². The molecule has 0 bridgehead atoms. The topological polar surface area (TPSA) is 55.8 Å². The second kappa shape index (κ2) is 4.69. The molecule has 2 aliphatic rings. The van der Waals surface area contributed by atoms with E-state index in [1.54, 1.807) is 0 Å². The smallest absolute Gasteiger partial charge is 0.314 e. The fourth-order valence-corrected chi connectivity index (χ4v) is 3.44. The number of carboxylic acid groups (broad SMARTS) is 1. The third-order valence-corrected chi connectivity index (χ3v) is 4.78. The summed E-state index contributed by atoms with van der Waals surface area (Å²) in [5.41, 5.74) is 2.10. The fraction of sp³-hybridized carbons (Fsp3) is 0.562. The van der Waals surface area contributed by atoms with Crippen molar-refractivity contribution in [3.63, 3.8) is 0 Å². The lowest BCUT2D eigenvalue weighted by Crippen LogP contribution is -2.38. The van der Waals surface area contributed by atoms with Crippen molar-refractivity contribution in [2.75, 3.05) is 6.79 Å². The molecule has 0 aromatic heterocycles. The van der Waals surface area contributed by atoms with Gasteiger partial charge in [-0.1, -0.05) is 25.3 Å². The molecule has 0 atom stereocenters. The highest BCUT2D eigenvalue weighted by atomic mass is 16.7. The molecule has 108 valence electrons. The van der Waals surface area contributed by atoms with E-state index in [0.717, 1.165) is 41.7 Å². The van der Waals surface area contributed by atoms with E-state index in [2.05, 4.69) is 0 Å². The molecule has 3 rings (SSSR count). The number of hydrogen-bond donors (Lipinski definition) is 1. The van der Waals surface area contributed by atoms with Crippen LogP contribution in [-0.4, -0.2) is 17.9 Å². The van der Waals surface area contributed by atoms with E-state index >= 15 is 0 Å². The molecule has 1 aliphatic heterocycles. The van der Waals surface area contributed by atoms with Gasteiger partial charge in [-0.05, 0) is 37.8 Å². The minimum absolute atomic E-state index is 0.183. The van der Waals surface area contributed by atoms with Crippen LogP contribution < -0.4 is 9.47 Å². The highest BCUT2D eigenvalue weighted by Gasteiger charge is 2.45. The van der Waals surface area contributed by atoms with Gasteiger partial charge in [-0.15, -0.1) is 0 Å². The van der Waals surface area contributed by atoms with Crippen molar-refractivity contribution in [1.29, 1.82) is 0 Å². The zero-order valence-electron chi connectivity index (χ0n) is 12.0. The molecule has 0 saturated heterocycles. The van der Waals surface area contributed by atoms with E-state index < -0.39 is 11.4 Å². The monoisotopic (exact) mass is 276 g/mol. The van der Waals surface area contributed by atoms with Gasteiger partial charge < -0.3 is 14.6 Å². The second-order valence-corrected chi connectivity index (χ2v) is 5.88. The Morgan fingerprint density at radius 2 is 1.80 bits per heavy atom. The SMILES string of the molecule is Cc1cc(C2(C(=O)O)CCCCC2)c2c(c1C)OCO2. The minimum atomic E-state index is -0.811. The number of aryl methyl sites for hydroxylation is 1. The average molecular weight is 276 g/mol. The average Bonchev–Trinajstić information content (AvgIpc) is 2.93. The lowest BCUT2D eigenvalue weighted by Gasteiger charge is -2.34. The summed E-state index contributed by atoms with van der Waals surface area (Å²) < 4.78 is 11.2. The van der Waals surface area contributed by atoms with Crippen molar-refractivity contribution in [3.8, 4) is 11.5 Å². The van der Waals surface area contributed by atoms with Crippen molar-refractivity contribution in [2.45, 2.75) is 51.4 Å². The number of ether oxygens (including phenoxy) is 2. The third kappa shape index (κ3) is 1.78. The molecule has 4 nitrogen and oxygen atoms in total. The molecule has 4 heteroatoms. The Morgan fingerprint density at radius 1 is 1.15 bits per heavy atom. The van der Waals surface area contributed by atoms with Gasteiger partial charge in [0.15, 0.2) is 11.5 Å². The maximum absolute atomic E-state index is 12.0. The Kier molecular flexibility index (Phi) is 3.11. The van der Waals surface area contributed by atoms with Crippen LogP contribution in [0.4, 0.5) is 0 Å². The van der Waals surface area contributed by atoms with E-state index in [1.807, 2.05) is 19.9 Å². The molecule has 1 aromatic rings. The van der Waals surface area contributed by atoms with Crippen LogP contribution in [0.15, 0.2) is 6.07 Å². The van der Waals surface area contributed by atoms with Crippen molar-refractivity contribution in [1.82, 2.24) is 0 Å². The van der Waals surface area contributed by atoms with Crippen molar-refractivity contribution in [3.05, 3.63) is 22.8 Å². The molecule has 1 saturated carbocycles. The summed E-state index contributed by atoms with van der Waals surface area (Å²) in [7, 11) is 0. The first-order chi connectivity index (χ1) is 9.56. The lowest BCUT2D eigenvalue weighted by atomic mass is 9.68. The summed E-state index contributed by atoms with van der Waals surface area (Å²) in [5, 5.41) is 9.84. The Hall–Kier alpha value is -1.71. The zero-order valence-corrected chi connectivity index (χ0v) is 12.0. The zero-order chi connectivity index (χ0) is 14.3. The Morgan fingerprint density at radius 3 is 2.45 bits per heavy atom. The Labute approximate surface area is 118 Å². The van der Waals surface area contributed by atoms with Gasteiger partial charge in [0, 0.05) is 5.56 Å². The quantitative estimate of drug-likeness (QED) is 0.900. The molecule has 0 amide bonds. The van der Waals surface area contributed by atoms with E-state index in [4.69, 9.17) is 9.47 Å². The highest BCUT2D eigenvalue weighted by Crippen LogP contribution is 2.50. The predicted octanol–water partition coefficient (Wildman–Crippen LogP) is 3.32. The van der Waals surface area contributed by atoms with Gasteiger partial charge in [-0.25, -0.2) is 0 Å². The van der Waals surface area contributed by atoms with Crippen LogP contribution in [0.2, 0.25) is 0 Å². The maximum atomic E-state index is 12.0. The molecule has 0 unspecified atom stereocenters. The fourth-order valence-electron chi connectivity index (χ4n) is 3.44. The second-order valence-electron chi connectivity index (χ2n) is 5.88. The first-order valence-electron chi connectivity index (χ1n) is 7.20. The largest absolute Gasteiger partial charge is 0.481 e. The molecule has 0 radical (unpaired) electrons. The Bertz CT molecular complexity index is 556. The summed E-state index contributed by atoms with van der Waals surface area (Å²) in [4.78, 5) is 12.0. The normalized spacial score (nSPS) is 19.9. The van der Waals surface area contributed by atoms with Gasteiger partial charge in [0.05, 0.1) is 5.41 Å². The number of carboxylic acids is 1. The van der Waals surface area contributed by atoms with Gasteiger partial charge in [-0.3, -0.25) is 4.79 Å². The molecule has 1 N–H and O–H groups in total. The molecular formula is C16H20O4. The Balaban J connectivity index is 2.20. The van der Waals surface area contributed by atoms with Crippen LogP contribution in [0.3, 0.4) is 0 Å². The van der Waals surface area contributed by atoms with Crippen LogP contribution in [0.25, 0.3) is 0 Å². The molecule has 1 aromatic carbocycles. The van der Waals surface area contributed by atoms with Gasteiger partial charge >= 0.3 is 5.97 Å². The summed E-state index contributed by atoms with van der Waals surface area (Å²) in [6.45, 7) is 4.17. The molecule has 0 spiro atoms. The first kappa shape index (κ1) is 13.3. The number of rotatable bonds is 2. The lowest BCUT2D eigenvalue weighted by molar-refractivity contribution is -0.145. The molecule has 1 aliphatic carbocycles. The van der Waals surface area contributed by atoms with Crippen molar-refractivity contribution in [2.24, 2.45) is 0 Å². The summed E-state index contributed by atoms with van der Waals surface area (Å²) in [6, 6.07) is 1.99.